The summed E-state index contributed by atoms with van der Waals surface area (Å²) in [6.45, 7) is 1.41. The number of carbonyl (C=O) groups excluding carboxylic acids is 2. The molecular formula is C38H34N4O12S3. The lowest BCUT2D eigenvalue weighted by atomic mass is 10.2. The van der Waals surface area contributed by atoms with E-state index in [0.29, 0.717) is 38.1 Å². The lowest BCUT2D eigenvalue weighted by molar-refractivity contribution is 0.0599. The SMILES string of the molecule is COC(=O)c1ccc(Oc2cnc(N)s2)cc1.C[C@@H](CO)Oc1cc(Oc2ccc(S(C)(=O)=O)cc2)cc(C(=O)Nc2ncc(Oc3ccc(C(=O)O)cc3)s2)c1. The number of carboxylic acid groups (broad SMARTS) is 1. The maximum Gasteiger partial charge on any atom is 0.337 e. The number of rotatable bonds is 14. The van der Waals surface area contributed by atoms with Gasteiger partial charge in [0.05, 0.1) is 42.1 Å². The summed E-state index contributed by atoms with van der Waals surface area (Å²) in [5.41, 5.74) is 6.25. The Morgan fingerprint density at radius 2 is 1.30 bits per heavy atom. The van der Waals surface area contributed by atoms with Crippen LogP contribution in [0, 0.1) is 0 Å². The van der Waals surface area contributed by atoms with E-state index in [2.05, 4.69) is 20.0 Å². The van der Waals surface area contributed by atoms with Crippen LogP contribution in [0.3, 0.4) is 0 Å². The Balaban J connectivity index is 0.000000303. The van der Waals surface area contributed by atoms with Crippen molar-refractivity contribution in [2.45, 2.75) is 17.9 Å². The minimum Gasteiger partial charge on any atom is -0.488 e. The number of nitrogens with two attached hydrogens (primary N) is 1. The van der Waals surface area contributed by atoms with Crippen LogP contribution in [0.5, 0.6) is 38.9 Å². The quantitative estimate of drug-likeness (QED) is 0.0798. The predicted molar refractivity (Wildman–Crippen MR) is 211 cm³/mol. The molecule has 0 fully saturated rings. The van der Waals surface area contributed by atoms with Crippen LogP contribution in [0.15, 0.2) is 108 Å². The minimum atomic E-state index is -3.37. The largest absolute Gasteiger partial charge is 0.488 e. The van der Waals surface area contributed by atoms with E-state index < -0.39 is 27.8 Å². The first-order valence-electron chi connectivity index (χ1n) is 16.5. The molecule has 0 aliphatic carbocycles. The molecule has 296 valence electrons. The van der Waals surface area contributed by atoms with Crippen LogP contribution in [-0.4, -0.2) is 72.5 Å². The van der Waals surface area contributed by atoms with Crippen molar-refractivity contribution in [1.82, 2.24) is 9.97 Å². The van der Waals surface area contributed by atoms with Gasteiger partial charge in [0.1, 0.15) is 34.9 Å². The zero-order chi connectivity index (χ0) is 41.1. The topological polar surface area (TPSA) is 236 Å². The summed E-state index contributed by atoms with van der Waals surface area (Å²) in [4.78, 5) is 43.4. The van der Waals surface area contributed by atoms with E-state index >= 15 is 0 Å². The molecule has 4 aromatic carbocycles. The fourth-order valence-corrected chi connectivity index (χ4v) is 6.39. The summed E-state index contributed by atoms with van der Waals surface area (Å²) in [6, 6.07) is 22.8. The molecule has 0 saturated carbocycles. The van der Waals surface area contributed by atoms with Gasteiger partial charge in [0, 0.05) is 17.9 Å². The number of nitrogens with one attached hydrogen (secondary N) is 1. The minimum absolute atomic E-state index is 0.124. The Bertz CT molecular complexity index is 2430. The van der Waals surface area contributed by atoms with Gasteiger partial charge in [-0.15, -0.1) is 0 Å². The number of aliphatic hydroxyl groups excluding tert-OH is 1. The molecule has 6 rings (SSSR count). The van der Waals surface area contributed by atoms with Crippen molar-refractivity contribution in [3.63, 3.8) is 0 Å². The number of hydrogen-bond donors (Lipinski definition) is 4. The number of aromatic nitrogens is 2. The Hall–Kier alpha value is -6.54. The van der Waals surface area contributed by atoms with Crippen molar-refractivity contribution in [1.29, 1.82) is 0 Å². The third-order valence-electron chi connectivity index (χ3n) is 7.25. The number of benzene rings is 4. The maximum absolute atomic E-state index is 13.1. The first-order chi connectivity index (χ1) is 27.2. The molecule has 0 unspecified atom stereocenters. The van der Waals surface area contributed by atoms with Gasteiger partial charge in [-0.2, -0.15) is 0 Å². The number of carbonyl (C=O) groups is 3. The molecule has 0 radical (unpaired) electrons. The molecular weight excluding hydrogens is 801 g/mol. The van der Waals surface area contributed by atoms with Gasteiger partial charge in [-0.3, -0.25) is 10.1 Å². The molecule has 16 nitrogen and oxygen atoms in total. The molecule has 2 heterocycles. The molecule has 19 heteroatoms. The van der Waals surface area contributed by atoms with Crippen molar-refractivity contribution in [3.05, 3.63) is 120 Å². The number of hydrogen-bond acceptors (Lipinski definition) is 16. The standard InChI is InChI=1S/C27H24N2O9S2.C11H10N2O3S/c1-16(15-30)36-21-11-18(12-22(13-21)37-19-7-9-23(10-8-19)40(2,34)35)25(31)29-27-28-14-24(39-27)38-20-5-3-17(4-6-20)26(32)33;1-15-10(14)7-2-4-8(5-3-7)16-9-6-13-11(12)17-9/h3-14,16,30H,15H2,1-2H3,(H,32,33)(H,28,29,31);2-6H,1H3,(H2,12,13)/t16-;/m0./s1. The number of esters is 1. The highest BCUT2D eigenvalue weighted by molar-refractivity contribution is 7.90. The van der Waals surface area contributed by atoms with Gasteiger partial charge in [0.2, 0.25) is 10.1 Å². The first kappa shape index (κ1) is 41.6. The summed E-state index contributed by atoms with van der Waals surface area (Å²) in [6.07, 6.45) is 3.52. The van der Waals surface area contributed by atoms with Crippen molar-refractivity contribution < 1.29 is 56.7 Å². The zero-order valence-electron chi connectivity index (χ0n) is 30.3. The molecule has 2 aromatic heterocycles. The number of nitrogen functional groups attached to an aromatic ring is 1. The summed E-state index contributed by atoms with van der Waals surface area (Å²) in [5, 5.41) is 22.7. The number of thiazole rings is 2. The number of ether oxygens (including phenoxy) is 5. The van der Waals surface area contributed by atoms with Crippen molar-refractivity contribution in [2.75, 3.05) is 31.0 Å². The number of nitrogens with zero attached hydrogens (tertiary/aromatic N) is 2. The Labute approximate surface area is 334 Å². The molecule has 0 aliphatic heterocycles. The zero-order valence-corrected chi connectivity index (χ0v) is 32.7. The number of methoxy groups -OCH3 is 1. The van der Waals surface area contributed by atoms with E-state index in [4.69, 9.17) is 29.8 Å². The third kappa shape index (κ3) is 12.2. The van der Waals surface area contributed by atoms with Gasteiger partial charge in [-0.25, -0.2) is 28.0 Å². The van der Waals surface area contributed by atoms with Crippen molar-refractivity contribution in [2.24, 2.45) is 0 Å². The molecule has 57 heavy (non-hydrogen) atoms. The van der Waals surface area contributed by atoms with E-state index in [1.54, 1.807) is 43.5 Å². The van der Waals surface area contributed by atoms with Gasteiger partial charge in [0.15, 0.2) is 20.1 Å². The summed E-state index contributed by atoms with van der Waals surface area (Å²) in [5.74, 6) is -0.0817. The van der Waals surface area contributed by atoms with Crippen LogP contribution >= 0.6 is 22.7 Å². The number of amides is 1. The van der Waals surface area contributed by atoms with Crippen LogP contribution in [0.1, 0.15) is 38.0 Å². The third-order valence-corrected chi connectivity index (χ3v) is 9.87. The Kier molecular flexibility index (Phi) is 13.8. The van der Waals surface area contributed by atoms with Gasteiger partial charge in [-0.05, 0) is 91.9 Å². The van der Waals surface area contributed by atoms with Crippen molar-refractivity contribution in [3.8, 4) is 38.9 Å². The molecule has 1 amide bonds. The highest BCUT2D eigenvalue weighted by Crippen LogP contribution is 2.33. The number of aliphatic hydroxyl groups is 1. The van der Waals surface area contributed by atoms with Gasteiger partial charge < -0.3 is 39.6 Å². The fourth-order valence-electron chi connectivity index (χ4n) is 4.52. The molecule has 5 N–H and O–H groups in total. The molecule has 1 atom stereocenters. The average molecular weight is 835 g/mol. The highest BCUT2D eigenvalue weighted by atomic mass is 32.2. The number of anilines is 2. The van der Waals surface area contributed by atoms with Crippen molar-refractivity contribution >= 4 is 60.6 Å². The fraction of sp³-hybridized carbons (Fsp3) is 0.132. The number of sulfone groups is 1. The normalized spacial score (nSPS) is 11.3. The second-order valence-electron chi connectivity index (χ2n) is 11.7. The summed E-state index contributed by atoms with van der Waals surface area (Å²) in [7, 11) is -2.03. The monoisotopic (exact) mass is 834 g/mol. The maximum atomic E-state index is 13.1. The summed E-state index contributed by atoms with van der Waals surface area (Å²) >= 11 is 2.31. The second kappa shape index (κ2) is 18.9. The van der Waals surface area contributed by atoms with E-state index in [-0.39, 0.29) is 45.2 Å². The summed E-state index contributed by atoms with van der Waals surface area (Å²) < 4.78 is 50.7. The molecule has 0 spiro atoms. The van der Waals surface area contributed by atoms with E-state index in [1.165, 1.54) is 85.3 Å². The smallest absolute Gasteiger partial charge is 0.337 e. The van der Waals surface area contributed by atoms with E-state index in [9.17, 15) is 27.9 Å². The lowest BCUT2D eigenvalue weighted by Gasteiger charge is -2.15. The molecule has 6 aromatic rings. The highest BCUT2D eigenvalue weighted by Gasteiger charge is 2.16. The Morgan fingerprint density at radius 3 is 1.84 bits per heavy atom. The Morgan fingerprint density at radius 1 is 0.754 bits per heavy atom. The molecule has 0 bridgehead atoms. The van der Waals surface area contributed by atoms with Crippen LogP contribution in [0.25, 0.3) is 0 Å². The van der Waals surface area contributed by atoms with Gasteiger partial charge in [0.25, 0.3) is 5.91 Å². The number of carboxylic acids is 1. The predicted octanol–water partition coefficient (Wildman–Crippen LogP) is 7.15. The molecule has 0 aliphatic rings. The van der Waals surface area contributed by atoms with Gasteiger partial charge in [-0.1, -0.05) is 22.7 Å². The molecule has 0 saturated heterocycles. The van der Waals surface area contributed by atoms with Gasteiger partial charge >= 0.3 is 11.9 Å². The van der Waals surface area contributed by atoms with Crippen LogP contribution < -0.4 is 30.0 Å². The first-order valence-corrected chi connectivity index (χ1v) is 20.0. The van der Waals surface area contributed by atoms with Crippen LogP contribution in [0.2, 0.25) is 0 Å². The average Bonchev–Trinajstić information content (AvgIpc) is 3.82. The van der Waals surface area contributed by atoms with E-state index in [0.717, 1.165) is 17.6 Å². The second-order valence-corrected chi connectivity index (χ2v) is 15.7. The van der Waals surface area contributed by atoms with Crippen LogP contribution in [0.4, 0.5) is 10.3 Å². The number of aromatic carboxylic acids is 1. The lowest BCUT2D eigenvalue weighted by Crippen LogP contribution is -2.17. The van der Waals surface area contributed by atoms with E-state index in [1.807, 2.05) is 0 Å². The van der Waals surface area contributed by atoms with Crippen LogP contribution in [-0.2, 0) is 14.6 Å².